The molecule has 0 amide bonds. The smallest absolute Gasteiger partial charge is 0.204 e. The minimum absolute atomic E-state index is 0.130. The molecule has 1 aliphatic carbocycles. The Bertz CT molecular complexity index is 866. The van der Waals surface area contributed by atoms with Crippen molar-refractivity contribution in [1.29, 1.82) is 0 Å². The lowest BCUT2D eigenvalue weighted by Crippen LogP contribution is -2.16. The summed E-state index contributed by atoms with van der Waals surface area (Å²) in [5.41, 5.74) is 0.970. The van der Waals surface area contributed by atoms with E-state index in [2.05, 4.69) is 6.92 Å². The van der Waals surface area contributed by atoms with E-state index < -0.39 is 11.6 Å². The fraction of sp³-hybridized carbons (Fsp3) is 0.200. The first kappa shape index (κ1) is 17.3. The van der Waals surface area contributed by atoms with Crippen LogP contribution in [-0.2, 0) is 6.42 Å². The number of aromatic hydroxyl groups is 2. The van der Waals surface area contributed by atoms with E-state index in [1.807, 2.05) is 24.3 Å². The number of rotatable bonds is 5. The Morgan fingerprint density at radius 2 is 1.56 bits per heavy atom. The van der Waals surface area contributed by atoms with Gasteiger partial charge in [-0.15, -0.1) is 0 Å². The van der Waals surface area contributed by atoms with Crippen LogP contribution in [0.25, 0.3) is 0 Å². The first-order valence-electron chi connectivity index (χ1n) is 8.13. The maximum absolute atomic E-state index is 12.6. The molecule has 4 nitrogen and oxygen atoms in total. The van der Waals surface area contributed by atoms with Gasteiger partial charge in [0.25, 0.3) is 0 Å². The highest BCUT2D eigenvalue weighted by Gasteiger charge is 2.31. The number of carbonyl (C=O) groups is 2. The molecule has 3 rings (SSSR count). The number of unbranched alkanes of at least 4 members (excludes halogenated alkanes) is 1. The maximum atomic E-state index is 12.6. The molecule has 2 aromatic carbocycles. The van der Waals surface area contributed by atoms with Crippen LogP contribution in [0.5, 0.6) is 11.5 Å². The number of carbonyl (C=O) groups excluding carboxylic acids is 2. The molecule has 0 atom stereocenters. The van der Waals surface area contributed by atoms with E-state index >= 15 is 0 Å². The molecule has 1 aliphatic rings. The number of hydrogen-bond acceptors (Lipinski definition) is 5. The predicted octanol–water partition coefficient (Wildman–Crippen LogP) is 4.50. The van der Waals surface area contributed by atoms with E-state index in [0.29, 0.717) is 0 Å². The summed E-state index contributed by atoms with van der Waals surface area (Å²) in [5, 5.41) is 19.8. The van der Waals surface area contributed by atoms with Gasteiger partial charge in [0.05, 0.1) is 16.0 Å². The van der Waals surface area contributed by atoms with Gasteiger partial charge in [0, 0.05) is 11.0 Å². The molecule has 0 fully saturated rings. The van der Waals surface area contributed by atoms with Crippen LogP contribution in [0.2, 0.25) is 0 Å². The van der Waals surface area contributed by atoms with Crippen molar-refractivity contribution in [1.82, 2.24) is 0 Å². The average molecular weight is 354 g/mol. The first-order valence-corrected chi connectivity index (χ1v) is 8.95. The van der Waals surface area contributed by atoms with Crippen molar-refractivity contribution in [3.8, 4) is 11.5 Å². The van der Waals surface area contributed by atoms with Crippen LogP contribution < -0.4 is 0 Å². The molecule has 5 heteroatoms. The van der Waals surface area contributed by atoms with Crippen LogP contribution in [0.1, 0.15) is 46.0 Å². The zero-order chi connectivity index (χ0) is 18.0. The van der Waals surface area contributed by atoms with Crippen LogP contribution >= 0.6 is 11.8 Å². The summed E-state index contributed by atoms with van der Waals surface area (Å²) in [6, 6.07) is 10.3. The normalized spacial score (nSPS) is 13.6. The van der Waals surface area contributed by atoms with Gasteiger partial charge < -0.3 is 10.2 Å². The lowest BCUT2D eigenvalue weighted by molar-refractivity contribution is 0.0986. The largest absolute Gasteiger partial charge is 0.507 e. The molecule has 0 aliphatic heterocycles. The van der Waals surface area contributed by atoms with Gasteiger partial charge in [0.15, 0.2) is 5.78 Å². The summed E-state index contributed by atoms with van der Waals surface area (Å²) in [7, 11) is 0. The molecule has 0 spiro atoms. The number of Topliss-reactive ketones (excluding diaryl/α,β-unsaturated/α-hetero) is 1. The first-order chi connectivity index (χ1) is 12.0. The fourth-order valence-corrected chi connectivity index (χ4v) is 3.63. The van der Waals surface area contributed by atoms with Crippen LogP contribution in [0.15, 0.2) is 52.3 Å². The Kier molecular flexibility index (Phi) is 4.95. The maximum Gasteiger partial charge on any atom is 0.204 e. The number of phenolic OH excluding ortho intramolecular Hbond substituents is 2. The Morgan fingerprint density at radius 1 is 0.920 bits per heavy atom. The topological polar surface area (TPSA) is 74.6 Å². The summed E-state index contributed by atoms with van der Waals surface area (Å²) in [6.07, 6.45) is 4.50. The molecule has 128 valence electrons. The SMILES string of the molecule is CCCCc1ccc(SC2=CC(=O)c3c(O)ccc(O)c3C2=O)cc1. The number of allylic oxidation sites excluding steroid dienone is 2. The molecular weight excluding hydrogens is 336 g/mol. The second kappa shape index (κ2) is 7.15. The van der Waals surface area contributed by atoms with Gasteiger partial charge in [-0.2, -0.15) is 0 Å². The lowest BCUT2D eigenvalue weighted by Gasteiger charge is -2.16. The van der Waals surface area contributed by atoms with Gasteiger partial charge in [-0.05, 0) is 42.7 Å². The van der Waals surface area contributed by atoms with Gasteiger partial charge in [0.2, 0.25) is 5.78 Å². The van der Waals surface area contributed by atoms with Crippen molar-refractivity contribution in [2.75, 3.05) is 0 Å². The minimum Gasteiger partial charge on any atom is -0.507 e. The molecule has 0 bridgehead atoms. The molecule has 0 unspecified atom stereocenters. The van der Waals surface area contributed by atoms with Gasteiger partial charge in [-0.1, -0.05) is 37.2 Å². The zero-order valence-electron chi connectivity index (χ0n) is 13.8. The lowest BCUT2D eigenvalue weighted by atomic mass is 9.93. The van der Waals surface area contributed by atoms with E-state index in [9.17, 15) is 19.8 Å². The average Bonchev–Trinajstić information content (AvgIpc) is 2.60. The predicted molar refractivity (Wildman–Crippen MR) is 97.4 cm³/mol. The van der Waals surface area contributed by atoms with Crippen LogP contribution in [0.3, 0.4) is 0 Å². The monoisotopic (exact) mass is 354 g/mol. The highest BCUT2D eigenvalue weighted by atomic mass is 32.2. The summed E-state index contributed by atoms with van der Waals surface area (Å²) < 4.78 is 0. The standard InChI is InChI=1S/C20H18O4S/c1-2-3-4-12-5-7-13(8-6-12)25-17-11-16(23)18-14(21)9-10-15(22)19(18)20(17)24/h5-11,21-22H,2-4H2,1H3. The Hall–Kier alpha value is -2.53. The summed E-state index contributed by atoms with van der Waals surface area (Å²) in [6.45, 7) is 2.15. The number of benzene rings is 2. The van der Waals surface area contributed by atoms with Crippen LogP contribution in [-0.4, -0.2) is 21.8 Å². The zero-order valence-corrected chi connectivity index (χ0v) is 14.6. The van der Waals surface area contributed by atoms with Crippen molar-refractivity contribution in [3.63, 3.8) is 0 Å². The van der Waals surface area contributed by atoms with Crippen molar-refractivity contribution >= 4 is 23.3 Å². The quantitative estimate of drug-likeness (QED) is 0.774. The summed E-state index contributed by atoms with van der Waals surface area (Å²) >= 11 is 1.19. The van der Waals surface area contributed by atoms with Gasteiger partial charge in [-0.3, -0.25) is 9.59 Å². The van der Waals surface area contributed by atoms with Crippen LogP contribution in [0.4, 0.5) is 0 Å². The summed E-state index contributed by atoms with van der Waals surface area (Å²) in [4.78, 5) is 26.0. The van der Waals surface area contributed by atoms with Crippen molar-refractivity contribution < 1.29 is 19.8 Å². The highest BCUT2D eigenvalue weighted by molar-refractivity contribution is 8.04. The van der Waals surface area contributed by atoms with Gasteiger partial charge in [-0.25, -0.2) is 0 Å². The third-order valence-electron chi connectivity index (χ3n) is 4.09. The summed E-state index contributed by atoms with van der Waals surface area (Å²) in [5.74, 6) is -1.54. The van der Waals surface area contributed by atoms with Crippen molar-refractivity contribution in [3.05, 3.63) is 64.1 Å². The Labute approximate surface area is 150 Å². The molecular formula is C20H18O4S. The molecule has 25 heavy (non-hydrogen) atoms. The second-order valence-corrected chi connectivity index (χ2v) is 7.02. The van der Waals surface area contributed by atoms with E-state index in [0.717, 1.165) is 24.2 Å². The number of aryl methyl sites for hydroxylation is 1. The highest BCUT2D eigenvalue weighted by Crippen LogP contribution is 2.39. The number of thioether (sulfide) groups is 1. The Balaban J connectivity index is 1.86. The van der Waals surface area contributed by atoms with Crippen molar-refractivity contribution in [2.24, 2.45) is 0 Å². The second-order valence-electron chi connectivity index (χ2n) is 5.91. The third-order valence-corrected chi connectivity index (χ3v) is 5.12. The molecule has 0 heterocycles. The fourth-order valence-electron chi connectivity index (χ4n) is 2.75. The molecule has 0 saturated heterocycles. The molecule has 0 aromatic heterocycles. The number of fused-ring (bicyclic) bond motifs is 1. The van der Waals surface area contributed by atoms with E-state index in [1.54, 1.807) is 0 Å². The van der Waals surface area contributed by atoms with Gasteiger partial charge in [0.1, 0.15) is 11.5 Å². The molecule has 0 radical (unpaired) electrons. The molecule has 2 N–H and O–H groups in total. The third kappa shape index (κ3) is 3.46. The van der Waals surface area contributed by atoms with E-state index in [4.69, 9.17) is 0 Å². The Morgan fingerprint density at radius 3 is 2.20 bits per heavy atom. The minimum atomic E-state index is -0.481. The number of ketones is 2. The van der Waals surface area contributed by atoms with Gasteiger partial charge >= 0.3 is 0 Å². The van der Waals surface area contributed by atoms with Crippen LogP contribution in [0, 0.1) is 0 Å². The molecule has 2 aromatic rings. The van der Waals surface area contributed by atoms with Crippen molar-refractivity contribution in [2.45, 2.75) is 31.1 Å². The molecule has 0 saturated carbocycles. The van der Waals surface area contributed by atoms with E-state index in [1.165, 1.54) is 35.5 Å². The number of hydrogen-bond donors (Lipinski definition) is 2. The number of phenols is 2. The van der Waals surface area contributed by atoms with E-state index in [-0.39, 0.29) is 27.5 Å².